The van der Waals surface area contributed by atoms with Gasteiger partial charge in [-0.15, -0.1) is 0 Å². The molecule has 0 bridgehead atoms. The second kappa shape index (κ2) is 4.06. The van der Waals surface area contributed by atoms with E-state index < -0.39 is 6.17 Å². The highest BCUT2D eigenvalue weighted by atomic mass is 19.1. The first-order valence-electron chi connectivity index (χ1n) is 4.69. The Morgan fingerprint density at radius 1 is 1.71 bits per heavy atom. The van der Waals surface area contributed by atoms with Crippen LogP contribution in [0.1, 0.15) is 5.69 Å². The van der Waals surface area contributed by atoms with Gasteiger partial charge < -0.3 is 10.1 Å². The Bertz CT molecular complexity index is 302. The Hall–Kier alpha value is -0.940. The molecular weight excluding hydrogens is 185 g/mol. The van der Waals surface area contributed by atoms with E-state index in [2.05, 4.69) is 10.4 Å². The van der Waals surface area contributed by atoms with Crippen LogP contribution in [0.25, 0.3) is 0 Å². The minimum atomic E-state index is -0.890. The fraction of sp³-hybridized carbons (Fsp3) is 0.667. The van der Waals surface area contributed by atoms with Gasteiger partial charge in [-0.3, -0.25) is 4.68 Å². The number of hydrogen-bond acceptors (Lipinski definition) is 3. The maximum atomic E-state index is 13.1. The van der Waals surface area contributed by atoms with E-state index in [9.17, 15) is 4.39 Å². The fourth-order valence-electron chi connectivity index (χ4n) is 1.51. The summed E-state index contributed by atoms with van der Waals surface area (Å²) in [5.41, 5.74) is 0.923. The van der Waals surface area contributed by atoms with Crippen molar-refractivity contribution in [2.45, 2.75) is 18.8 Å². The van der Waals surface area contributed by atoms with Gasteiger partial charge in [0.05, 0.1) is 24.9 Å². The quantitative estimate of drug-likeness (QED) is 0.758. The zero-order valence-corrected chi connectivity index (χ0v) is 8.11. The van der Waals surface area contributed by atoms with Crippen LogP contribution in [0, 0.1) is 0 Å². The highest BCUT2D eigenvalue weighted by Crippen LogP contribution is 2.09. The zero-order valence-electron chi connectivity index (χ0n) is 8.11. The molecule has 1 aliphatic heterocycles. The lowest BCUT2D eigenvalue weighted by molar-refractivity contribution is 0.172. The minimum Gasteiger partial charge on any atom is -0.377 e. The summed E-state index contributed by atoms with van der Waals surface area (Å²) >= 11 is 0. The maximum absolute atomic E-state index is 13.1. The maximum Gasteiger partial charge on any atom is 0.141 e. The number of nitrogens with one attached hydrogen (secondary N) is 1. The largest absolute Gasteiger partial charge is 0.377 e. The van der Waals surface area contributed by atoms with E-state index in [1.54, 1.807) is 4.68 Å². The lowest BCUT2D eigenvalue weighted by atomic mass is 10.2. The van der Waals surface area contributed by atoms with E-state index in [0.717, 1.165) is 5.69 Å². The summed E-state index contributed by atoms with van der Waals surface area (Å²) in [7, 11) is 1.86. The molecule has 0 aromatic carbocycles. The van der Waals surface area contributed by atoms with Crippen LogP contribution in [-0.2, 0) is 18.3 Å². The van der Waals surface area contributed by atoms with Crippen LogP contribution < -0.4 is 5.32 Å². The van der Waals surface area contributed by atoms with Crippen LogP contribution in [0.15, 0.2) is 12.3 Å². The van der Waals surface area contributed by atoms with Crippen molar-refractivity contribution in [1.82, 2.24) is 15.1 Å². The van der Waals surface area contributed by atoms with Crippen molar-refractivity contribution in [2.75, 3.05) is 13.2 Å². The molecule has 5 heteroatoms. The summed E-state index contributed by atoms with van der Waals surface area (Å²) < 4.78 is 19.8. The molecule has 2 unspecified atom stereocenters. The van der Waals surface area contributed by atoms with Crippen molar-refractivity contribution in [3.63, 3.8) is 0 Å². The van der Waals surface area contributed by atoms with E-state index in [0.29, 0.717) is 13.2 Å². The third-order valence-corrected chi connectivity index (χ3v) is 2.33. The Morgan fingerprint density at radius 2 is 2.57 bits per heavy atom. The van der Waals surface area contributed by atoms with Gasteiger partial charge in [0.25, 0.3) is 0 Å². The molecule has 1 aromatic heterocycles. The van der Waals surface area contributed by atoms with Crippen LogP contribution in [0.3, 0.4) is 0 Å². The first-order valence-corrected chi connectivity index (χ1v) is 4.69. The average Bonchev–Trinajstić information content (AvgIpc) is 2.72. The van der Waals surface area contributed by atoms with Crippen molar-refractivity contribution < 1.29 is 9.13 Å². The van der Waals surface area contributed by atoms with Gasteiger partial charge in [-0.2, -0.15) is 5.10 Å². The topological polar surface area (TPSA) is 39.1 Å². The van der Waals surface area contributed by atoms with Crippen molar-refractivity contribution in [2.24, 2.45) is 7.05 Å². The lowest BCUT2D eigenvalue weighted by Crippen LogP contribution is -2.36. The molecule has 0 radical (unpaired) electrons. The molecule has 0 aliphatic carbocycles. The third-order valence-electron chi connectivity index (χ3n) is 2.33. The van der Waals surface area contributed by atoms with Gasteiger partial charge in [0.1, 0.15) is 6.17 Å². The van der Waals surface area contributed by atoms with Crippen molar-refractivity contribution in [3.05, 3.63) is 18.0 Å². The number of aryl methyl sites for hydroxylation is 1. The molecule has 1 aliphatic rings. The van der Waals surface area contributed by atoms with Crippen LogP contribution in [0.4, 0.5) is 4.39 Å². The molecule has 4 nitrogen and oxygen atoms in total. The van der Waals surface area contributed by atoms with E-state index in [-0.39, 0.29) is 12.6 Å². The number of ether oxygens (including phenoxy) is 1. The number of nitrogens with zero attached hydrogens (tertiary/aromatic N) is 2. The standard InChI is InChI=1S/C9H14FN3O/c1-13-3-2-7(12-13)4-11-9-6-14-5-8(9)10/h2-3,8-9,11H,4-6H2,1H3. The van der Waals surface area contributed by atoms with Crippen LogP contribution in [0.5, 0.6) is 0 Å². The van der Waals surface area contributed by atoms with Gasteiger partial charge in [0, 0.05) is 19.8 Å². The Balaban J connectivity index is 1.82. The molecular formula is C9H14FN3O. The lowest BCUT2D eigenvalue weighted by Gasteiger charge is -2.11. The number of alkyl halides is 1. The van der Waals surface area contributed by atoms with E-state index in [1.165, 1.54) is 0 Å². The molecule has 14 heavy (non-hydrogen) atoms. The Kier molecular flexibility index (Phi) is 2.79. The molecule has 1 aromatic rings. The predicted octanol–water partition coefficient (Wildman–Crippen LogP) is 0.247. The van der Waals surface area contributed by atoms with Crippen LogP contribution in [-0.4, -0.2) is 35.2 Å². The summed E-state index contributed by atoms with van der Waals surface area (Å²) in [5, 5.41) is 7.27. The molecule has 2 heterocycles. The summed E-state index contributed by atoms with van der Waals surface area (Å²) in [5.74, 6) is 0. The second-order valence-electron chi connectivity index (χ2n) is 3.52. The van der Waals surface area contributed by atoms with Gasteiger partial charge in [-0.05, 0) is 6.07 Å². The highest BCUT2D eigenvalue weighted by Gasteiger charge is 2.27. The molecule has 78 valence electrons. The van der Waals surface area contributed by atoms with Gasteiger partial charge in [-0.1, -0.05) is 0 Å². The highest BCUT2D eigenvalue weighted by molar-refractivity contribution is 4.99. The third kappa shape index (κ3) is 2.10. The van der Waals surface area contributed by atoms with Gasteiger partial charge in [0.2, 0.25) is 0 Å². The number of halogens is 1. The molecule has 0 amide bonds. The molecule has 1 N–H and O–H groups in total. The predicted molar refractivity (Wildman–Crippen MR) is 49.6 cm³/mol. The SMILES string of the molecule is Cn1ccc(CNC2COCC2F)n1. The molecule has 1 fully saturated rings. The number of aromatic nitrogens is 2. The summed E-state index contributed by atoms with van der Waals surface area (Å²) in [6.45, 7) is 1.25. The van der Waals surface area contributed by atoms with E-state index in [4.69, 9.17) is 4.74 Å². The fourth-order valence-corrected chi connectivity index (χ4v) is 1.51. The minimum absolute atomic E-state index is 0.183. The molecule has 2 atom stereocenters. The zero-order chi connectivity index (χ0) is 9.97. The van der Waals surface area contributed by atoms with Crippen molar-refractivity contribution in [3.8, 4) is 0 Å². The average molecular weight is 199 g/mol. The molecule has 0 spiro atoms. The monoisotopic (exact) mass is 199 g/mol. The molecule has 1 saturated heterocycles. The van der Waals surface area contributed by atoms with Crippen LogP contribution in [0.2, 0.25) is 0 Å². The van der Waals surface area contributed by atoms with E-state index in [1.807, 2.05) is 19.3 Å². The molecule has 0 saturated carbocycles. The van der Waals surface area contributed by atoms with Gasteiger partial charge >= 0.3 is 0 Å². The Labute approximate surface area is 82.1 Å². The summed E-state index contributed by atoms with van der Waals surface area (Å²) in [6, 6.07) is 1.73. The van der Waals surface area contributed by atoms with Crippen LogP contribution >= 0.6 is 0 Å². The first-order chi connectivity index (χ1) is 6.75. The number of hydrogen-bond donors (Lipinski definition) is 1. The first kappa shape index (κ1) is 9.61. The van der Waals surface area contributed by atoms with Gasteiger partial charge in [0.15, 0.2) is 0 Å². The summed E-state index contributed by atoms with van der Waals surface area (Å²) in [4.78, 5) is 0. The van der Waals surface area contributed by atoms with E-state index >= 15 is 0 Å². The second-order valence-corrected chi connectivity index (χ2v) is 3.52. The number of rotatable bonds is 3. The summed E-state index contributed by atoms with van der Waals surface area (Å²) in [6.07, 6.45) is 0.980. The van der Waals surface area contributed by atoms with Crippen molar-refractivity contribution >= 4 is 0 Å². The van der Waals surface area contributed by atoms with Crippen molar-refractivity contribution in [1.29, 1.82) is 0 Å². The Morgan fingerprint density at radius 3 is 3.14 bits per heavy atom. The molecule has 2 rings (SSSR count). The normalized spacial score (nSPS) is 27.0. The smallest absolute Gasteiger partial charge is 0.141 e. The van der Waals surface area contributed by atoms with Gasteiger partial charge in [-0.25, -0.2) is 4.39 Å².